The molecule has 0 spiro atoms. The number of rotatable bonds is 6. The van der Waals surface area contributed by atoms with Crippen molar-refractivity contribution in [2.24, 2.45) is 0 Å². The summed E-state index contributed by atoms with van der Waals surface area (Å²) in [6, 6.07) is 4.71. The molecule has 0 fully saturated rings. The molecule has 0 radical (unpaired) electrons. The predicted octanol–water partition coefficient (Wildman–Crippen LogP) is 1.20. The number of hydrogen-bond donors (Lipinski definition) is 2. The molecule has 0 bridgehead atoms. The predicted molar refractivity (Wildman–Crippen MR) is 68.2 cm³/mol. The van der Waals surface area contributed by atoms with Gasteiger partial charge in [0.2, 0.25) is 0 Å². The van der Waals surface area contributed by atoms with Gasteiger partial charge in [-0.05, 0) is 18.6 Å². The maximum atomic E-state index is 12.0. The lowest BCUT2D eigenvalue weighted by molar-refractivity contribution is 0.0914. The lowest BCUT2D eigenvalue weighted by Crippen LogP contribution is -2.36. The molecule has 0 aliphatic carbocycles. The van der Waals surface area contributed by atoms with Crippen LogP contribution in [-0.2, 0) is 0 Å². The molecular formula is C13H19NO4. The molecule has 2 N–H and O–H groups in total. The lowest BCUT2D eigenvalue weighted by Gasteiger charge is -2.15. The summed E-state index contributed by atoms with van der Waals surface area (Å²) in [6.07, 6.45) is 0.670. The summed E-state index contributed by atoms with van der Waals surface area (Å²) in [5.41, 5.74) is 0.443. The lowest BCUT2D eigenvalue weighted by atomic mass is 10.1. The van der Waals surface area contributed by atoms with Gasteiger partial charge < -0.3 is 19.9 Å². The van der Waals surface area contributed by atoms with Crippen LogP contribution in [-0.4, -0.2) is 37.9 Å². The van der Waals surface area contributed by atoms with Crippen molar-refractivity contribution < 1.29 is 19.4 Å². The van der Waals surface area contributed by atoms with Crippen molar-refractivity contribution in [3.05, 3.63) is 23.8 Å². The van der Waals surface area contributed by atoms with E-state index in [4.69, 9.17) is 14.6 Å². The zero-order valence-corrected chi connectivity index (χ0v) is 10.9. The zero-order valence-electron chi connectivity index (χ0n) is 10.9. The van der Waals surface area contributed by atoms with E-state index in [1.165, 1.54) is 14.2 Å². The van der Waals surface area contributed by atoms with Crippen molar-refractivity contribution in [1.82, 2.24) is 5.32 Å². The van der Waals surface area contributed by atoms with Crippen LogP contribution in [0.15, 0.2) is 18.2 Å². The van der Waals surface area contributed by atoms with Gasteiger partial charge in [0.05, 0.1) is 26.9 Å². The first kappa shape index (κ1) is 14.3. The van der Waals surface area contributed by atoms with E-state index in [0.29, 0.717) is 23.5 Å². The molecule has 1 rings (SSSR count). The Hall–Kier alpha value is -1.75. The fourth-order valence-electron chi connectivity index (χ4n) is 1.48. The van der Waals surface area contributed by atoms with Crippen molar-refractivity contribution in [2.45, 2.75) is 19.4 Å². The summed E-state index contributed by atoms with van der Waals surface area (Å²) < 4.78 is 10.2. The molecule has 18 heavy (non-hydrogen) atoms. The number of amides is 1. The zero-order chi connectivity index (χ0) is 13.5. The number of carbonyl (C=O) groups excluding carboxylic acids is 1. The molecular weight excluding hydrogens is 234 g/mol. The molecule has 1 aromatic rings. The Labute approximate surface area is 107 Å². The number of aliphatic hydroxyl groups excluding tert-OH is 1. The molecule has 0 aliphatic heterocycles. The van der Waals surface area contributed by atoms with Crippen LogP contribution in [0.3, 0.4) is 0 Å². The van der Waals surface area contributed by atoms with Gasteiger partial charge in [0, 0.05) is 11.6 Å². The quantitative estimate of drug-likeness (QED) is 0.799. The van der Waals surface area contributed by atoms with Crippen molar-refractivity contribution in [2.75, 3.05) is 20.8 Å². The third-order valence-corrected chi connectivity index (χ3v) is 2.66. The van der Waals surface area contributed by atoms with Gasteiger partial charge in [0.25, 0.3) is 5.91 Å². The first-order chi connectivity index (χ1) is 8.64. The summed E-state index contributed by atoms with van der Waals surface area (Å²) in [4.78, 5) is 12.0. The van der Waals surface area contributed by atoms with Crippen molar-refractivity contribution >= 4 is 5.91 Å². The molecule has 0 aromatic heterocycles. The van der Waals surface area contributed by atoms with E-state index in [-0.39, 0.29) is 18.6 Å². The Morgan fingerprint density at radius 2 is 1.83 bits per heavy atom. The van der Waals surface area contributed by atoms with Crippen LogP contribution in [0.25, 0.3) is 0 Å². The van der Waals surface area contributed by atoms with Gasteiger partial charge >= 0.3 is 0 Å². The highest BCUT2D eigenvalue weighted by Gasteiger charge is 2.13. The number of ether oxygens (including phenoxy) is 2. The topological polar surface area (TPSA) is 67.8 Å². The Kier molecular flexibility index (Phi) is 5.45. The largest absolute Gasteiger partial charge is 0.497 e. The van der Waals surface area contributed by atoms with Crippen LogP contribution in [0, 0.1) is 0 Å². The minimum Gasteiger partial charge on any atom is -0.497 e. The Bertz CT molecular complexity index is 380. The van der Waals surface area contributed by atoms with Crippen LogP contribution in [0.1, 0.15) is 23.7 Å². The SMILES string of the molecule is CCC(CO)NC(=O)c1cc(OC)cc(OC)c1. The first-order valence-electron chi connectivity index (χ1n) is 5.79. The van der Waals surface area contributed by atoms with E-state index >= 15 is 0 Å². The summed E-state index contributed by atoms with van der Waals surface area (Å²) in [7, 11) is 3.05. The van der Waals surface area contributed by atoms with E-state index in [2.05, 4.69) is 5.32 Å². The maximum absolute atomic E-state index is 12.0. The molecule has 0 heterocycles. The van der Waals surface area contributed by atoms with E-state index < -0.39 is 0 Å². The summed E-state index contributed by atoms with van der Waals surface area (Å²) in [5.74, 6) is 0.848. The number of nitrogens with one attached hydrogen (secondary N) is 1. The van der Waals surface area contributed by atoms with Crippen LogP contribution >= 0.6 is 0 Å². The number of benzene rings is 1. The van der Waals surface area contributed by atoms with E-state index in [0.717, 1.165) is 0 Å². The van der Waals surface area contributed by atoms with E-state index in [1.54, 1.807) is 18.2 Å². The van der Waals surface area contributed by atoms with Crippen molar-refractivity contribution in [3.8, 4) is 11.5 Å². The standard InChI is InChI=1S/C13H19NO4/c1-4-10(8-15)14-13(16)9-5-11(17-2)7-12(6-9)18-3/h5-7,10,15H,4,8H2,1-3H3,(H,14,16). The fraction of sp³-hybridized carbons (Fsp3) is 0.462. The fourth-order valence-corrected chi connectivity index (χ4v) is 1.48. The van der Waals surface area contributed by atoms with Gasteiger partial charge in [0.1, 0.15) is 11.5 Å². The molecule has 0 saturated carbocycles. The minimum absolute atomic E-state index is 0.0800. The molecule has 1 atom stereocenters. The van der Waals surface area contributed by atoms with Gasteiger partial charge in [-0.25, -0.2) is 0 Å². The third-order valence-electron chi connectivity index (χ3n) is 2.66. The van der Waals surface area contributed by atoms with Crippen molar-refractivity contribution in [3.63, 3.8) is 0 Å². The highest BCUT2D eigenvalue weighted by molar-refractivity contribution is 5.95. The molecule has 1 aromatic carbocycles. The summed E-state index contributed by atoms with van der Waals surface area (Å²) in [5, 5.41) is 11.8. The average molecular weight is 253 g/mol. The number of aliphatic hydroxyl groups is 1. The van der Waals surface area contributed by atoms with Crippen molar-refractivity contribution in [1.29, 1.82) is 0 Å². The third kappa shape index (κ3) is 3.63. The Morgan fingerprint density at radius 3 is 2.22 bits per heavy atom. The number of methoxy groups -OCH3 is 2. The van der Waals surface area contributed by atoms with Crippen LogP contribution in [0.2, 0.25) is 0 Å². The first-order valence-corrected chi connectivity index (χ1v) is 5.79. The number of hydrogen-bond acceptors (Lipinski definition) is 4. The molecule has 1 unspecified atom stereocenters. The molecule has 1 amide bonds. The highest BCUT2D eigenvalue weighted by Crippen LogP contribution is 2.22. The second kappa shape index (κ2) is 6.86. The van der Waals surface area contributed by atoms with Gasteiger partial charge in [-0.2, -0.15) is 0 Å². The molecule has 5 heteroatoms. The van der Waals surface area contributed by atoms with Crippen LogP contribution in [0.5, 0.6) is 11.5 Å². The Balaban J connectivity index is 2.90. The second-order valence-electron chi connectivity index (χ2n) is 3.86. The summed E-state index contributed by atoms with van der Waals surface area (Å²) in [6.45, 7) is 1.82. The van der Waals surface area contributed by atoms with Gasteiger partial charge in [-0.15, -0.1) is 0 Å². The normalized spacial score (nSPS) is 11.8. The molecule has 0 aliphatic rings. The average Bonchev–Trinajstić information content (AvgIpc) is 2.43. The molecule has 5 nitrogen and oxygen atoms in total. The molecule has 100 valence electrons. The van der Waals surface area contributed by atoms with Gasteiger partial charge in [-0.3, -0.25) is 4.79 Å². The van der Waals surface area contributed by atoms with Gasteiger partial charge in [0.15, 0.2) is 0 Å². The minimum atomic E-state index is -0.256. The highest BCUT2D eigenvalue weighted by atomic mass is 16.5. The van der Waals surface area contributed by atoms with Gasteiger partial charge in [-0.1, -0.05) is 6.92 Å². The number of carbonyl (C=O) groups is 1. The van der Waals surface area contributed by atoms with E-state index in [9.17, 15) is 4.79 Å². The van der Waals surface area contributed by atoms with Crippen LogP contribution < -0.4 is 14.8 Å². The monoisotopic (exact) mass is 253 g/mol. The van der Waals surface area contributed by atoms with E-state index in [1.807, 2.05) is 6.92 Å². The van der Waals surface area contributed by atoms with Crippen LogP contribution in [0.4, 0.5) is 0 Å². The summed E-state index contributed by atoms with van der Waals surface area (Å²) >= 11 is 0. The Morgan fingerprint density at radius 1 is 1.28 bits per heavy atom. The maximum Gasteiger partial charge on any atom is 0.251 e. The second-order valence-corrected chi connectivity index (χ2v) is 3.86. The smallest absolute Gasteiger partial charge is 0.251 e. The molecule has 0 saturated heterocycles.